The number of ether oxygens (including phenoxy) is 1. The third kappa shape index (κ3) is 3.69. The number of halogens is 1. The van der Waals surface area contributed by atoms with Gasteiger partial charge in [-0.3, -0.25) is 4.90 Å². The number of aromatic nitrogens is 2. The van der Waals surface area contributed by atoms with E-state index < -0.39 is 0 Å². The minimum absolute atomic E-state index is 0.199. The summed E-state index contributed by atoms with van der Waals surface area (Å²) in [6, 6.07) is 0.233. The van der Waals surface area contributed by atoms with Crippen LogP contribution >= 0.6 is 11.6 Å². The van der Waals surface area contributed by atoms with Crippen LogP contribution in [-0.4, -0.2) is 53.8 Å². The van der Waals surface area contributed by atoms with Gasteiger partial charge in [-0.25, -0.2) is 4.98 Å². The molecular weight excluding hydrogens is 254 g/mol. The van der Waals surface area contributed by atoms with E-state index in [9.17, 15) is 0 Å². The van der Waals surface area contributed by atoms with E-state index in [4.69, 9.17) is 22.1 Å². The lowest BCUT2D eigenvalue weighted by Crippen LogP contribution is -2.42. The summed E-state index contributed by atoms with van der Waals surface area (Å²) in [4.78, 5) is 10.3. The van der Waals surface area contributed by atoms with Gasteiger partial charge in [0.1, 0.15) is 0 Å². The van der Waals surface area contributed by atoms with Crippen LogP contribution in [0.1, 0.15) is 6.92 Å². The monoisotopic (exact) mass is 271 g/mol. The summed E-state index contributed by atoms with van der Waals surface area (Å²) in [6.45, 7) is 6.54. The third-order valence-corrected chi connectivity index (χ3v) is 2.99. The van der Waals surface area contributed by atoms with Crippen LogP contribution in [0.5, 0.6) is 0 Å². The molecule has 2 rings (SSSR count). The lowest BCUT2D eigenvalue weighted by atomic mass is 10.3. The van der Waals surface area contributed by atoms with Gasteiger partial charge in [0.15, 0.2) is 5.82 Å². The van der Waals surface area contributed by atoms with Crippen molar-refractivity contribution in [1.29, 1.82) is 0 Å². The van der Waals surface area contributed by atoms with Crippen LogP contribution in [0.15, 0.2) is 6.20 Å². The van der Waals surface area contributed by atoms with E-state index in [1.54, 1.807) is 0 Å². The van der Waals surface area contributed by atoms with Crippen LogP contribution in [0.4, 0.5) is 11.5 Å². The predicted octanol–water partition coefficient (Wildman–Crippen LogP) is 0.845. The number of rotatable bonds is 4. The molecule has 0 aliphatic carbocycles. The Balaban J connectivity index is 1.89. The zero-order valence-electron chi connectivity index (χ0n) is 10.4. The highest BCUT2D eigenvalue weighted by molar-refractivity contribution is 6.28. The Labute approximate surface area is 111 Å². The Hall–Kier alpha value is -1.11. The van der Waals surface area contributed by atoms with E-state index >= 15 is 0 Å². The summed E-state index contributed by atoms with van der Waals surface area (Å²) in [5.74, 6) is 0.593. The molecule has 3 N–H and O–H groups in total. The number of hydrogen-bond donors (Lipinski definition) is 2. The van der Waals surface area contributed by atoms with Crippen molar-refractivity contribution in [2.24, 2.45) is 0 Å². The fraction of sp³-hybridized carbons (Fsp3) is 0.636. The van der Waals surface area contributed by atoms with E-state index in [-0.39, 0.29) is 11.3 Å². The largest absolute Gasteiger partial charge is 0.394 e. The van der Waals surface area contributed by atoms with Gasteiger partial charge in [0.2, 0.25) is 5.28 Å². The van der Waals surface area contributed by atoms with Gasteiger partial charge in [0.25, 0.3) is 0 Å². The maximum Gasteiger partial charge on any atom is 0.224 e. The molecule has 0 radical (unpaired) electrons. The van der Waals surface area contributed by atoms with Crippen LogP contribution < -0.4 is 11.1 Å². The van der Waals surface area contributed by atoms with Crippen molar-refractivity contribution in [3.63, 3.8) is 0 Å². The topological polar surface area (TPSA) is 76.3 Å². The number of anilines is 2. The molecule has 0 aromatic carbocycles. The number of nitrogens with two attached hydrogens (primary N) is 1. The molecule has 1 aliphatic rings. The normalized spacial score (nSPS) is 18.6. The smallest absolute Gasteiger partial charge is 0.224 e. The number of morpholine rings is 1. The van der Waals surface area contributed by atoms with Crippen LogP contribution in [0.2, 0.25) is 5.28 Å². The second kappa shape index (κ2) is 6.17. The molecule has 1 aromatic rings. The SMILES string of the molecule is CC(CN1CCOCC1)Nc1nc(Cl)ncc1N. The fourth-order valence-electron chi connectivity index (χ4n) is 1.94. The summed E-state index contributed by atoms with van der Waals surface area (Å²) in [5.41, 5.74) is 6.30. The minimum Gasteiger partial charge on any atom is -0.394 e. The van der Waals surface area contributed by atoms with E-state index in [0.29, 0.717) is 11.5 Å². The first-order chi connectivity index (χ1) is 8.65. The van der Waals surface area contributed by atoms with Crippen LogP contribution in [0, 0.1) is 0 Å². The molecule has 1 atom stereocenters. The summed E-state index contributed by atoms with van der Waals surface area (Å²) in [6.07, 6.45) is 1.51. The second-order valence-electron chi connectivity index (χ2n) is 4.40. The number of nitrogen functional groups attached to an aromatic ring is 1. The van der Waals surface area contributed by atoms with E-state index in [0.717, 1.165) is 32.8 Å². The van der Waals surface area contributed by atoms with Crippen molar-refractivity contribution >= 4 is 23.1 Å². The molecule has 6 nitrogen and oxygen atoms in total. The van der Waals surface area contributed by atoms with Crippen molar-refractivity contribution in [2.75, 3.05) is 43.9 Å². The molecule has 1 aliphatic heterocycles. The average molecular weight is 272 g/mol. The molecule has 2 heterocycles. The first-order valence-corrected chi connectivity index (χ1v) is 6.37. The van der Waals surface area contributed by atoms with Crippen molar-refractivity contribution < 1.29 is 4.74 Å². The maximum absolute atomic E-state index is 5.79. The summed E-state index contributed by atoms with van der Waals surface area (Å²) in [5, 5.41) is 3.45. The van der Waals surface area contributed by atoms with Gasteiger partial charge in [-0.05, 0) is 18.5 Å². The molecule has 0 spiro atoms. The van der Waals surface area contributed by atoms with Crippen LogP contribution in [0.3, 0.4) is 0 Å². The average Bonchev–Trinajstić information content (AvgIpc) is 2.35. The molecule has 1 unspecified atom stereocenters. The molecule has 100 valence electrons. The zero-order valence-corrected chi connectivity index (χ0v) is 11.2. The molecule has 18 heavy (non-hydrogen) atoms. The number of nitrogens with one attached hydrogen (secondary N) is 1. The first-order valence-electron chi connectivity index (χ1n) is 6.00. The summed E-state index contributed by atoms with van der Waals surface area (Å²) >= 11 is 5.75. The number of nitrogens with zero attached hydrogens (tertiary/aromatic N) is 3. The van der Waals surface area contributed by atoms with E-state index in [2.05, 4.69) is 27.1 Å². The molecule has 0 bridgehead atoms. The highest BCUT2D eigenvalue weighted by atomic mass is 35.5. The molecule has 0 amide bonds. The quantitative estimate of drug-likeness (QED) is 0.791. The molecule has 7 heteroatoms. The van der Waals surface area contributed by atoms with Gasteiger partial charge in [-0.2, -0.15) is 4.98 Å². The van der Waals surface area contributed by atoms with Crippen molar-refractivity contribution in [2.45, 2.75) is 13.0 Å². The highest BCUT2D eigenvalue weighted by Gasteiger charge is 2.14. The Bertz CT molecular complexity index is 397. The van der Waals surface area contributed by atoms with Gasteiger partial charge in [0, 0.05) is 25.7 Å². The molecule has 0 saturated carbocycles. The van der Waals surface area contributed by atoms with Crippen molar-refractivity contribution in [3.8, 4) is 0 Å². The standard InChI is InChI=1S/C11H18ClN5O/c1-8(7-17-2-4-18-5-3-17)15-10-9(13)6-14-11(12)16-10/h6,8H,2-5,7,13H2,1H3,(H,14,15,16). The molecule has 1 fully saturated rings. The Kier molecular flexibility index (Phi) is 4.57. The Morgan fingerprint density at radius 3 is 3.00 bits per heavy atom. The van der Waals surface area contributed by atoms with Crippen molar-refractivity contribution in [1.82, 2.24) is 14.9 Å². The number of hydrogen-bond acceptors (Lipinski definition) is 6. The molecular formula is C11H18ClN5O. The van der Waals surface area contributed by atoms with Gasteiger partial charge < -0.3 is 15.8 Å². The summed E-state index contributed by atoms with van der Waals surface area (Å²) in [7, 11) is 0. The minimum atomic E-state index is 0.199. The predicted molar refractivity (Wildman–Crippen MR) is 71.8 cm³/mol. The van der Waals surface area contributed by atoms with Gasteiger partial charge >= 0.3 is 0 Å². The van der Waals surface area contributed by atoms with Gasteiger partial charge in [0.05, 0.1) is 25.1 Å². The van der Waals surface area contributed by atoms with E-state index in [1.165, 1.54) is 6.20 Å². The van der Waals surface area contributed by atoms with Crippen LogP contribution in [-0.2, 0) is 4.74 Å². The van der Waals surface area contributed by atoms with Gasteiger partial charge in [-0.15, -0.1) is 0 Å². The fourth-order valence-corrected chi connectivity index (χ4v) is 2.07. The second-order valence-corrected chi connectivity index (χ2v) is 4.74. The molecule has 1 saturated heterocycles. The van der Waals surface area contributed by atoms with Gasteiger partial charge in [-0.1, -0.05) is 0 Å². The lowest BCUT2D eigenvalue weighted by Gasteiger charge is -2.29. The first kappa shape index (κ1) is 13.3. The zero-order chi connectivity index (χ0) is 13.0. The lowest BCUT2D eigenvalue weighted by molar-refractivity contribution is 0.0368. The third-order valence-electron chi connectivity index (χ3n) is 2.81. The Morgan fingerprint density at radius 2 is 2.28 bits per heavy atom. The summed E-state index contributed by atoms with van der Waals surface area (Å²) < 4.78 is 5.31. The van der Waals surface area contributed by atoms with Crippen molar-refractivity contribution in [3.05, 3.63) is 11.5 Å². The van der Waals surface area contributed by atoms with Crippen LogP contribution in [0.25, 0.3) is 0 Å². The van der Waals surface area contributed by atoms with E-state index in [1.807, 2.05) is 0 Å². The Morgan fingerprint density at radius 1 is 1.56 bits per heavy atom. The molecule has 1 aromatic heterocycles. The highest BCUT2D eigenvalue weighted by Crippen LogP contribution is 2.17. The maximum atomic E-state index is 5.79.